The highest BCUT2D eigenvalue weighted by Crippen LogP contribution is 2.35. The van der Waals surface area contributed by atoms with Crippen molar-refractivity contribution in [1.82, 2.24) is 10.6 Å². The molecule has 1 amide bonds. The molecule has 1 aliphatic rings. The Kier molecular flexibility index (Phi) is 5.25. The molecule has 2 N–H and O–H groups in total. The third-order valence-corrected chi connectivity index (χ3v) is 4.12. The summed E-state index contributed by atoms with van der Waals surface area (Å²) >= 11 is 3.39. The second-order valence-electron chi connectivity index (χ2n) is 4.71. The van der Waals surface area contributed by atoms with E-state index in [1.54, 1.807) is 26.4 Å². The van der Waals surface area contributed by atoms with Gasteiger partial charge in [-0.1, -0.05) is 0 Å². The molecule has 1 heterocycles. The highest BCUT2D eigenvalue weighted by molar-refractivity contribution is 9.10. The Morgan fingerprint density at radius 1 is 1.35 bits per heavy atom. The molecule has 2 rings (SSSR count). The number of hydrogen-bond acceptors (Lipinski definition) is 4. The van der Waals surface area contributed by atoms with E-state index in [9.17, 15) is 4.79 Å². The number of amides is 1. The Labute approximate surface area is 127 Å². The van der Waals surface area contributed by atoms with Crippen molar-refractivity contribution in [3.05, 3.63) is 22.2 Å². The summed E-state index contributed by atoms with van der Waals surface area (Å²) in [6, 6.07) is 3.59. The van der Waals surface area contributed by atoms with Crippen molar-refractivity contribution in [3.63, 3.8) is 0 Å². The molecule has 0 aliphatic carbocycles. The number of carbonyl (C=O) groups excluding carboxylic acids is 1. The summed E-state index contributed by atoms with van der Waals surface area (Å²) in [5, 5.41) is 6.30. The molecule has 1 aromatic carbocycles. The largest absolute Gasteiger partial charge is 0.495 e. The van der Waals surface area contributed by atoms with Crippen LogP contribution < -0.4 is 20.1 Å². The van der Waals surface area contributed by atoms with Crippen molar-refractivity contribution in [2.24, 2.45) is 0 Å². The van der Waals surface area contributed by atoms with Gasteiger partial charge in [0.15, 0.2) is 0 Å². The maximum Gasteiger partial charge on any atom is 0.251 e. The van der Waals surface area contributed by atoms with Gasteiger partial charge in [-0.2, -0.15) is 0 Å². The molecular weight excluding hydrogens is 324 g/mol. The molecule has 6 heteroatoms. The molecule has 20 heavy (non-hydrogen) atoms. The minimum Gasteiger partial charge on any atom is -0.495 e. The maximum absolute atomic E-state index is 12.3. The first-order chi connectivity index (χ1) is 9.65. The highest BCUT2D eigenvalue weighted by atomic mass is 79.9. The minimum atomic E-state index is -0.109. The lowest BCUT2D eigenvalue weighted by molar-refractivity contribution is 0.0930. The molecule has 1 atom stereocenters. The van der Waals surface area contributed by atoms with Gasteiger partial charge in [-0.3, -0.25) is 4.79 Å². The lowest BCUT2D eigenvalue weighted by Gasteiger charge is -2.24. The van der Waals surface area contributed by atoms with Crippen molar-refractivity contribution in [2.45, 2.75) is 18.9 Å². The quantitative estimate of drug-likeness (QED) is 0.877. The molecule has 110 valence electrons. The molecule has 1 saturated heterocycles. The number of piperidine rings is 1. The lowest BCUT2D eigenvalue weighted by Crippen LogP contribution is -2.45. The average Bonchev–Trinajstić information content (AvgIpc) is 2.48. The van der Waals surface area contributed by atoms with E-state index in [1.165, 1.54) is 0 Å². The topological polar surface area (TPSA) is 59.6 Å². The Bertz CT molecular complexity index is 462. The fourth-order valence-corrected chi connectivity index (χ4v) is 2.80. The van der Waals surface area contributed by atoms with E-state index in [4.69, 9.17) is 9.47 Å². The van der Waals surface area contributed by atoms with Gasteiger partial charge in [0.05, 0.1) is 14.2 Å². The predicted molar refractivity (Wildman–Crippen MR) is 80.6 cm³/mol. The summed E-state index contributed by atoms with van der Waals surface area (Å²) in [6.45, 7) is 1.84. The molecule has 0 bridgehead atoms. The Balaban J connectivity index is 2.16. The zero-order valence-electron chi connectivity index (χ0n) is 11.7. The fraction of sp³-hybridized carbons (Fsp3) is 0.500. The minimum absolute atomic E-state index is 0.109. The number of carbonyl (C=O) groups is 1. The summed E-state index contributed by atoms with van der Waals surface area (Å²) in [7, 11) is 3.12. The standard InChI is InChI=1S/C14H19BrN2O3/c1-19-11-6-9(7-12(20-2)13(11)15)14(18)17-10-4-3-5-16-8-10/h6-7,10,16H,3-5,8H2,1-2H3,(H,17,18). The molecule has 0 radical (unpaired) electrons. The van der Waals surface area contributed by atoms with Gasteiger partial charge in [-0.15, -0.1) is 0 Å². The van der Waals surface area contributed by atoms with Gasteiger partial charge in [0.1, 0.15) is 16.0 Å². The molecule has 1 unspecified atom stereocenters. The first-order valence-electron chi connectivity index (χ1n) is 6.58. The van der Waals surface area contributed by atoms with E-state index in [1.807, 2.05) is 0 Å². The van der Waals surface area contributed by atoms with Crippen molar-refractivity contribution in [2.75, 3.05) is 27.3 Å². The van der Waals surface area contributed by atoms with Crippen molar-refractivity contribution >= 4 is 21.8 Å². The molecule has 5 nitrogen and oxygen atoms in total. The van der Waals surface area contributed by atoms with Crippen LogP contribution in [0.1, 0.15) is 23.2 Å². The van der Waals surface area contributed by atoms with Crippen LogP contribution in [0.3, 0.4) is 0 Å². The molecule has 1 aromatic rings. The monoisotopic (exact) mass is 342 g/mol. The molecular formula is C14H19BrN2O3. The fourth-order valence-electron chi connectivity index (χ4n) is 2.24. The van der Waals surface area contributed by atoms with Gasteiger partial charge in [0.2, 0.25) is 0 Å². The van der Waals surface area contributed by atoms with E-state index >= 15 is 0 Å². The second kappa shape index (κ2) is 6.95. The van der Waals surface area contributed by atoms with E-state index in [2.05, 4.69) is 26.6 Å². The van der Waals surface area contributed by atoms with E-state index < -0.39 is 0 Å². The number of benzene rings is 1. The first kappa shape index (κ1) is 15.1. The van der Waals surface area contributed by atoms with Gasteiger partial charge < -0.3 is 20.1 Å². The van der Waals surface area contributed by atoms with Crippen LogP contribution in [-0.2, 0) is 0 Å². The van der Waals surface area contributed by atoms with Crippen LogP contribution in [0.5, 0.6) is 11.5 Å². The Morgan fingerprint density at radius 2 is 2.00 bits per heavy atom. The van der Waals surface area contributed by atoms with Gasteiger partial charge in [0, 0.05) is 18.2 Å². The van der Waals surface area contributed by atoms with E-state index in [-0.39, 0.29) is 11.9 Å². The highest BCUT2D eigenvalue weighted by Gasteiger charge is 2.19. The van der Waals surface area contributed by atoms with E-state index in [0.717, 1.165) is 25.9 Å². The summed E-state index contributed by atoms with van der Waals surface area (Å²) in [5.41, 5.74) is 0.535. The maximum atomic E-state index is 12.3. The molecule has 0 aromatic heterocycles. The third kappa shape index (κ3) is 3.43. The van der Waals surface area contributed by atoms with Crippen molar-refractivity contribution in [1.29, 1.82) is 0 Å². The van der Waals surface area contributed by atoms with Crippen LogP contribution in [0.15, 0.2) is 16.6 Å². The van der Waals surface area contributed by atoms with Crippen LogP contribution in [0, 0.1) is 0 Å². The van der Waals surface area contributed by atoms with Gasteiger partial charge in [-0.25, -0.2) is 0 Å². The Morgan fingerprint density at radius 3 is 2.50 bits per heavy atom. The SMILES string of the molecule is COc1cc(C(=O)NC2CCCNC2)cc(OC)c1Br. The number of rotatable bonds is 4. The smallest absolute Gasteiger partial charge is 0.251 e. The van der Waals surface area contributed by atoms with Crippen LogP contribution in [-0.4, -0.2) is 39.3 Å². The predicted octanol–water partition coefficient (Wildman–Crippen LogP) is 1.95. The molecule has 1 aliphatic heterocycles. The van der Waals surface area contributed by atoms with Crippen LogP contribution in [0.2, 0.25) is 0 Å². The zero-order chi connectivity index (χ0) is 14.5. The van der Waals surface area contributed by atoms with E-state index in [0.29, 0.717) is 21.5 Å². The second-order valence-corrected chi connectivity index (χ2v) is 5.50. The Hall–Kier alpha value is -1.27. The molecule has 1 fully saturated rings. The normalized spacial score (nSPS) is 18.4. The lowest BCUT2D eigenvalue weighted by atomic mass is 10.1. The molecule has 0 spiro atoms. The van der Waals surface area contributed by atoms with Crippen LogP contribution in [0.25, 0.3) is 0 Å². The summed E-state index contributed by atoms with van der Waals surface area (Å²) in [6.07, 6.45) is 2.08. The van der Waals surface area contributed by atoms with Gasteiger partial charge in [0.25, 0.3) is 5.91 Å². The van der Waals surface area contributed by atoms with Gasteiger partial charge in [-0.05, 0) is 47.4 Å². The third-order valence-electron chi connectivity index (χ3n) is 3.34. The zero-order valence-corrected chi connectivity index (χ0v) is 13.2. The summed E-state index contributed by atoms with van der Waals surface area (Å²) in [5.74, 6) is 1.05. The summed E-state index contributed by atoms with van der Waals surface area (Å²) < 4.78 is 11.2. The van der Waals surface area contributed by atoms with Crippen LogP contribution in [0.4, 0.5) is 0 Å². The number of halogens is 1. The van der Waals surface area contributed by atoms with Gasteiger partial charge >= 0.3 is 0 Å². The number of methoxy groups -OCH3 is 2. The average molecular weight is 343 g/mol. The van der Waals surface area contributed by atoms with Crippen LogP contribution >= 0.6 is 15.9 Å². The van der Waals surface area contributed by atoms with Crippen molar-refractivity contribution < 1.29 is 14.3 Å². The number of ether oxygens (including phenoxy) is 2. The number of nitrogens with one attached hydrogen (secondary N) is 2. The summed E-state index contributed by atoms with van der Waals surface area (Å²) in [4.78, 5) is 12.3. The first-order valence-corrected chi connectivity index (χ1v) is 7.38. The van der Waals surface area contributed by atoms with Crippen molar-refractivity contribution in [3.8, 4) is 11.5 Å². The number of hydrogen-bond donors (Lipinski definition) is 2. The molecule has 0 saturated carbocycles.